The van der Waals surface area contributed by atoms with Crippen molar-refractivity contribution in [2.24, 2.45) is 0 Å². The number of aryl methyl sites for hydroxylation is 1. The lowest BCUT2D eigenvalue weighted by atomic mass is 10.2. The molecule has 1 unspecified atom stereocenters. The molecule has 1 rings (SSSR count). The van der Waals surface area contributed by atoms with Crippen molar-refractivity contribution in [1.29, 1.82) is 0 Å². The molecule has 0 saturated carbocycles. The van der Waals surface area contributed by atoms with Crippen molar-refractivity contribution in [2.45, 2.75) is 98.6 Å². The normalized spacial score (nSPS) is 12.2. The summed E-state index contributed by atoms with van der Waals surface area (Å²) in [5.41, 5.74) is 0. The Labute approximate surface area is 200 Å². The average Bonchev–Trinajstić information content (AvgIpc) is 2.81. The maximum Gasteiger partial charge on any atom is 0.234 e. The summed E-state index contributed by atoms with van der Waals surface area (Å²) in [5.74, 6) is 1.46. The molecule has 0 aliphatic rings. The predicted octanol–water partition coefficient (Wildman–Crippen LogP) is 4.62. The number of rotatable bonds is 21. The van der Waals surface area contributed by atoms with Gasteiger partial charge < -0.3 is 19.3 Å². The Morgan fingerprint density at radius 3 is 1.70 bits per heavy atom. The monoisotopic (exact) mass is 469 g/mol. The summed E-state index contributed by atoms with van der Waals surface area (Å²) in [4.78, 5) is 17.3. The Kier molecular flexibility index (Phi) is 16.8. The van der Waals surface area contributed by atoms with Crippen molar-refractivity contribution in [1.82, 2.24) is 15.0 Å². The second kappa shape index (κ2) is 18.8. The van der Waals surface area contributed by atoms with Crippen molar-refractivity contribution in [3.05, 3.63) is 5.82 Å². The molecule has 1 heterocycles. The van der Waals surface area contributed by atoms with Crippen molar-refractivity contribution >= 4 is 11.9 Å². The fourth-order valence-corrected chi connectivity index (χ4v) is 2.95. The zero-order chi connectivity index (χ0) is 24.3. The number of anilines is 2. The van der Waals surface area contributed by atoms with Gasteiger partial charge in [0.1, 0.15) is 32.2 Å². The first-order chi connectivity index (χ1) is 16.1. The molecule has 1 atom stereocenters. The fraction of sp³-hybridized carbons (Fsp3) is 0.875. The first-order valence-electron chi connectivity index (χ1n) is 12.7. The van der Waals surface area contributed by atoms with E-state index in [0.29, 0.717) is 57.4 Å². The molecule has 0 fully saturated rings. The highest BCUT2D eigenvalue weighted by Crippen LogP contribution is 2.18. The third kappa shape index (κ3) is 12.5. The van der Waals surface area contributed by atoms with Crippen LogP contribution in [0.3, 0.4) is 0 Å². The van der Waals surface area contributed by atoms with Crippen LogP contribution in [0, 0.1) is 6.92 Å². The maximum absolute atomic E-state index is 10.9. The van der Waals surface area contributed by atoms with Crippen LogP contribution < -0.4 is 9.80 Å². The third-order valence-electron chi connectivity index (χ3n) is 5.09. The van der Waals surface area contributed by atoms with Crippen LogP contribution in [-0.2, 0) is 14.2 Å². The molecule has 0 radical (unpaired) electrons. The van der Waals surface area contributed by atoms with Crippen LogP contribution >= 0.6 is 0 Å². The van der Waals surface area contributed by atoms with E-state index in [4.69, 9.17) is 14.2 Å². The van der Waals surface area contributed by atoms with E-state index in [1.165, 1.54) is 0 Å². The van der Waals surface area contributed by atoms with E-state index in [9.17, 15) is 5.11 Å². The van der Waals surface area contributed by atoms with Gasteiger partial charge in [-0.05, 0) is 39.0 Å². The van der Waals surface area contributed by atoms with Gasteiger partial charge in [-0.25, -0.2) is 0 Å². The fourth-order valence-electron chi connectivity index (χ4n) is 2.95. The van der Waals surface area contributed by atoms with Crippen molar-refractivity contribution < 1.29 is 19.3 Å². The minimum atomic E-state index is -0.726. The lowest BCUT2D eigenvalue weighted by Gasteiger charge is -2.29. The molecule has 192 valence electrons. The van der Waals surface area contributed by atoms with Gasteiger partial charge in [-0.3, -0.25) is 9.80 Å². The predicted molar refractivity (Wildman–Crippen MR) is 132 cm³/mol. The molecule has 9 heteroatoms. The Morgan fingerprint density at radius 2 is 1.18 bits per heavy atom. The van der Waals surface area contributed by atoms with Crippen molar-refractivity contribution in [3.8, 4) is 0 Å². The quantitative estimate of drug-likeness (QED) is 0.204. The Bertz CT molecular complexity index is 596. The molecule has 0 spiro atoms. The van der Waals surface area contributed by atoms with E-state index in [-0.39, 0.29) is 6.73 Å². The number of hydrogen-bond acceptors (Lipinski definition) is 9. The van der Waals surface area contributed by atoms with Gasteiger partial charge in [0.25, 0.3) is 0 Å². The van der Waals surface area contributed by atoms with E-state index in [0.717, 1.165) is 51.4 Å². The lowest BCUT2D eigenvalue weighted by Crippen LogP contribution is -2.39. The van der Waals surface area contributed by atoms with Crippen molar-refractivity contribution in [3.63, 3.8) is 0 Å². The maximum atomic E-state index is 10.9. The number of aromatic nitrogens is 3. The van der Waals surface area contributed by atoms with Crippen LogP contribution in [0.5, 0.6) is 0 Å². The molecule has 0 saturated heterocycles. The van der Waals surface area contributed by atoms with Crippen LogP contribution in [0.4, 0.5) is 11.9 Å². The summed E-state index contributed by atoms with van der Waals surface area (Å²) in [6.07, 6.45) is 7.98. The Morgan fingerprint density at radius 1 is 0.697 bits per heavy atom. The summed E-state index contributed by atoms with van der Waals surface area (Å²) in [6, 6.07) is 0. The molecule has 0 aliphatic heterocycles. The molecule has 9 nitrogen and oxygen atoms in total. The third-order valence-corrected chi connectivity index (χ3v) is 5.09. The van der Waals surface area contributed by atoms with E-state index >= 15 is 0 Å². The Balaban J connectivity index is 3.06. The van der Waals surface area contributed by atoms with Gasteiger partial charge in [-0.1, -0.05) is 53.4 Å². The number of aliphatic hydroxyl groups is 1. The molecule has 1 aromatic rings. The van der Waals surface area contributed by atoms with Gasteiger partial charge in [-0.15, -0.1) is 0 Å². The standard InChI is InChI=1S/C24H47N5O4/c1-6-10-14-22(30)29(20-33-17-13-9-4)24-26-21(5)25-23(27-24)28(18-31-15-11-7-2)19-32-16-12-8-3/h22,30H,6-20H2,1-5H3. The minimum absolute atomic E-state index is 0.230. The molecule has 33 heavy (non-hydrogen) atoms. The number of unbranched alkanes of at least 4 members (excludes halogenated alkanes) is 4. The largest absolute Gasteiger partial charge is 0.373 e. The number of ether oxygens (including phenoxy) is 3. The summed E-state index contributed by atoms with van der Waals surface area (Å²) >= 11 is 0. The first kappa shape index (κ1) is 29.5. The first-order valence-corrected chi connectivity index (χ1v) is 12.7. The van der Waals surface area contributed by atoms with Crippen LogP contribution in [0.25, 0.3) is 0 Å². The van der Waals surface area contributed by atoms with Gasteiger partial charge in [0, 0.05) is 19.8 Å². The molecule has 0 amide bonds. The van der Waals surface area contributed by atoms with Crippen LogP contribution in [0.2, 0.25) is 0 Å². The number of nitrogens with zero attached hydrogens (tertiary/aromatic N) is 5. The summed E-state index contributed by atoms with van der Waals surface area (Å²) in [6.45, 7) is 13.2. The van der Waals surface area contributed by atoms with Gasteiger partial charge in [0.2, 0.25) is 11.9 Å². The van der Waals surface area contributed by atoms with E-state index < -0.39 is 6.23 Å². The van der Waals surface area contributed by atoms with Gasteiger partial charge in [0.15, 0.2) is 0 Å². The Hall–Kier alpha value is -1.55. The van der Waals surface area contributed by atoms with E-state index in [1.807, 2.05) is 11.8 Å². The topological polar surface area (TPSA) is 93.1 Å². The highest BCUT2D eigenvalue weighted by molar-refractivity contribution is 5.38. The zero-order valence-electron chi connectivity index (χ0n) is 21.6. The minimum Gasteiger partial charge on any atom is -0.373 e. The molecular formula is C24H47N5O4. The van der Waals surface area contributed by atoms with Gasteiger partial charge in [-0.2, -0.15) is 15.0 Å². The molecule has 0 bridgehead atoms. The summed E-state index contributed by atoms with van der Waals surface area (Å²) in [5, 5.41) is 10.9. The van der Waals surface area contributed by atoms with Gasteiger partial charge >= 0.3 is 0 Å². The SMILES string of the molecule is CCCCOCN(COCCCC)c1nc(C)nc(N(COCCCC)C(O)CCCC)n1. The molecule has 1 aromatic heterocycles. The average molecular weight is 470 g/mol. The highest BCUT2D eigenvalue weighted by atomic mass is 16.5. The highest BCUT2D eigenvalue weighted by Gasteiger charge is 2.22. The van der Waals surface area contributed by atoms with Crippen LogP contribution in [0.1, 0.15) is 91.3 Å². The van der Waals surface area contributed by atoms with Crippen LogP contribution in [-0.4, -0.2) is 66.3 Å². The van der Waals surface area contributed by atoms with E-state index in [1.54, 1.807) is 4.90 Å². The second-order valence-corrected chi connectivity index (χ2v) is 8.29. The van der Waals surface area contributed by atoms with Crippen LogP contribution in [0.15, 0.2) is 0 Å². The molecular weight excluding hydrogens is 422 g/mol. The lowest BCUT2D eigenvalue weighted by molar-refractivity contribution is 0.0760. The number of aliphatic hydroxyl groups excluding tert-OH is 1. The summed E-state index contributed by atoms with van der Waals surface area (Å²) < 4.78 is 17.5. The smallest absolute Gasteiger partial charge is 0.234 e. The molecule has 0 aliphatic carbocycles. The molecule has 1 N–H and O–H groups in total. The molecule has 0 aromatic carbocycles. The second-order valence-electron chi connectivity index (χ2n) is 8.29. The zero-order valence-corrected chi connectivity index (χ0v) is 21.6. The van der Waals surface area contributed by atoms with Crippen molar-refractivity contribution in [2.75, 3.05) is 49.8 Å². The number of hydrogen-bond donors (Lipinski definition) is 1. The van der Waals surface area contributed by atoms with E-state index in [2.05, 4.69) is 42.6 Å². The summed E-state index contributed by atoms with van der Waals surface area (Å²) in [7, 11) is 0. The van der Waals surface area contributed by atoms with Gasteiger partial charge in [0.05, 0.1) is 0 Å².